The standard InChI is InChI=1S/C16H18N2O2/c1-17-12-7-6-9(8-13(12)18(2)16(17)20)15(19)14-10-4-3-5-11(10)14/h6-8,10-11,14H,3-5H2,1-2H3. The van der Waals surface area contributed by atoms with Crippen LogP contribution in [0.5, 0.6) is 0 Å². The van der Waals surface area contributed by atoms with Gasteiger partial charge in [0.1, 0.15) is 0 Å². The zero-order valence-corrected chi connectivity index (χ0v) is 11.8. The van der Waals surface area contributed by atoms with Gasteiger partial charge in [0.05, 0.1) is 11.0 Å². The van der Waals surface area contributed by atoms with Gasteiger partial charge in [0.15, 0.2) is 5.78 Å². The third kappa shape index (κ3) is 1.42. The number of rotatable bonds is 2. The normalized spacial score (nSPS) is 27.8. The van der Waals surface area contributed by atoms with Gasteiger partial charge in [0, 0.05) is 25.6 Å². The van der Waals surface area contributed by atoms with Crippen LogP contribution in [0.15, 0.2) is 23.0 Å². The Labute approximate surface area is 117 Å². The van der Waals surface area contributed by atoms with Gasteiger partial charge in [-0.3, -0.25) is 13.9 Å². The van der Waals surface area contributed by atoms with Crippen LogP contribution in [0.4, 0.5) is 0 Å². The van der Waals surface area contributed by atoms with Gasteiger partial charge >= 0.3 is 5.69 Å². The van der Waals surface area contributed by atoms with Crippen LogP contribution in [0, 0.1) is 17.8 Å². The van der Waals surface area contributed by atoms with Crippen LogP contribution in [-0.4, -0.2) is 14.9 Å². The number of aromatic nitrogens is 2. The summed E-state index contributed by atoms with van der Waals surface area (Å²) in [6.07, 6.45) is 3.71. The number of ketones is 1. The third-order valence-electron chi connectivity index (χ3n) is 5.27. The number of Topliss-reactive ketones (excluding diaryl/α,β-unsaturated/α-hetero) is 1. The largest absolute Gasteiger partial charge is 0.328 e. The first kappa shape index (κ1) is 11.9. The smallest absolute Gasteiger partial charge is 0.295 e. The third-order valence-corrected chi connectivity index (χ3v) is 5.27. The average molecular weight is 270 g/mol. The van der Waals surface area contributed by atoms with Gasteiger partial charge in [0.2, 0.25) is 0 Å². The lowest BCUT2D eigenvalue weighted by molar-refractivity contribution is 0.0951. The number of nitrogens with zero attached hydrogens (tertiary/aromatic N) is 2. The summed E-state index contributed by atoms with van der Waals surface area (Å²) in [5.41, 5.74) is 2.44. The molecule has 4 heteroatoms. The molecule has 0 N–H and O–H groups in total. The second kappa shape index (κ2) is 3.84. The number of fused-ring (bicyclic) bond motifs is 2. The van der Waals surface area contributed by atoms with Crippen LogP contribution < -0.4 is 5.69 Å². The first-order valence-electron chi connectivity index (χ1n) is 7.29. The molecule has 2 fully saturated rings. The molecule has 104 valence electrons. The SMILES string of the molecule is Cn1c(=O)n(C)c2cc(C(=O)C3C4CCCC43)ccc21. The van der Waals surface area contributed by atoms with E-state index in [1.54, 1.807) is 23.2 Å². The second-order valence-corrected chi connectivity index (χ2v) is 6.25. The minimum atomic E-state index is -0.0482. The lowest BCUT2D eigenvalue weighted by Crippen LogP contribution is -2.19. The van der Waals surface area contributed by atoms with Crippen molar-refractivity contribution in [3.05, 3.63) is 34.2 Å². The molecule has 2 unspecified atom stereocenters. The summed E-state index contributed by atoms with van der Waals surface area (Å²) in [6.45, 7) is 0. The summed E-state index contributed by atoms with van der Waals surface area (Å²) in [7, 11) is 3.52. The Morgan fingerprint density at radius 1 is 1.10 bits per heavy atom. The van der Waals surface area contributed by atoms with Crippen LogP contribution in [0.25, 0.3) is 11.0 Å². The van der Waals surface area contributed by atoms with E-state index in [-0.39, 0.29) is 17.4 Å². The molecule has 1 aromatic carbocycles. The van der Waals surface area contributed by atoms with Gasteiger partial charge in [-0.05, 0) is 42.9 Å². The zero-order chi connectivity index (χ0) is 14.0. The highest BCUT2D eigenvalue weighted by atomic mass is 16.1. The molecule has 0 saturated heterocycles. The van der Waals surface area contributed by atoms with E-state index >= 15 is 0 Å². The van der Waals surface area contributed by atoms with Crippen LogP contribution >= 0.6 is 0 Å². The average Bonchev–Trinajstić information content (AvgIpc) is 2.85. The molecule has 0 amide bonds. The van der Waals surface area contributed by atoms with Crippen LogP contribution in [0.1, 0.15) is 29.6 Å². The Morgan fingerprint density at radius 2 is 1.75 bits per heavy atom. The first-order chi connectivity index (χ1) is 9.59. The summed E-state index contributed by atoms with van der Waals surface area (Å²) in [5, 5.41) is 0. The number of carbonyl (C=O) groups is 1. The van der Waals surface area contributed by atoms with E-state index in [0.29, 0.717) is 11.8 Å². The van der Waals surface area contributed by atoms with Crippen molar-refractivity contribution in [1.82, 2.24) is 9.13 Å². The number of carbonyl (C=O) groups excluding carboxylic acids is 1. The fraction of sp³-hybridized carbons (Fsp3) is 0.500. The maximum atomic E-state index is 12.6. The minimum Gasteiger partial charge on any atom is -0.295 e. The molecular formula is C16H18N2O2. The molecule has 0 aliphatic heterocycles. The predicted molar refractivity (Wildman–Crippen MR) is 76.8 cm³/mol. The Kier molecular flexibility index (Phi) is 2.29. The molecule has 1 heterocycles. The summed E-state index contributed by atoms with van der Waals surface area (Å²) < 4.78 is 3.23. The summed E-state index contributed by atoms with van der Waals surface area (Å²) in [4.78, 5) is 24.5. The molecule has 2 saturated carbocycles. The number of benzene rings is 1. The first-order valence-corrected chi connectivity index (χ1v) is 7.29. The Balaban J connectivity index is 1.76. The van der Waals surface area contributed by atoms with E-state index in [9.17, 15) is 9.59 Å². The zero-order valence-electron chi connectivity index (χ0n) is 11.8. The van der Waals surface area contributed by atoms with Crippen LogP contribution in [0.2, 0.25) is 0 Å². The fourth-order valence-corrected chi connectivity index (χ4v) is 4.06. The lowest BCUT2D eigenvalue weighted by Gasteiger charge is -2.04. The molecule has 4 rings (SSSR count). The highest BCUT2D eigenvalue weighted by molar-refractivity contribution is 6.02. The molecule has 2 aliphatic carbocycles. The second-order valence-electron chi connectivity index (χ2n) is 6.25. The van der Waals surface area contributed by atoms with E-state index in [0.717, 1.165) is 16.6 Å². The number of hydrogen-bond donors (Lipinski definition) is 0. The van der Waals surface area contributed by atoms with E-state index in [1.807, 2.05) is 18.2 Å². The quantitative estimate of drug-likeness (QED) is 0.784. The van der Waals surface area contributed by atoms with Crippen molar-refractivity contribution in [1.29, 1.82) is 0 Å². The number of imidazole rings is 1. The molecule has 2 atom stereocenters. The van der Waals surface area contributed by atoms with Gasteiger partial charge in [-0.15, -0.1) is 0 Å². The molecule has 20 heavy (non-hydrogen) atoms. The number of aryl methyl sites for hydroxylation is 2. The Morgan fingerprint density at radius 3 is 2.45 bits per heavy atom. The maximum absolute atomic E-state index is 12.6. The maximum Gasteiger partial charge on any atom is 0.328 e. The van der Waals surface area contributed by atoms with E-state index in [1.165, 1.54) is 19.3 Å². The van der Waals surface area contributed by atoms with E-state index in [2.05, 4.69) is 0 Å². The molecular weight excluding hydrogens is 252 g/mol. The van der Waals surface area contributed by atoms with Crippen molar-refractivity contribution in [2.45, 2.75) is 19.3 Å². The van der Waals surface area contributed by atoms with E-state index in [4.69, 9.17) is 0 Å². The minimum absolute atomic E-state index is 0.0482. The summed E-state index contributed by atoms with van der Waals surface area (Å²) >= 11 is 0. The molecule has 4 nitrogen and oxygen atoms in total. The fourth-order valence-electron chi connectivity index (χ4n) is 4.06. The molecule has 0 spiro atoms. The van der Waals surface area contributed by atoms with Gasteiger partial charge < -0.3 is 0 Å². The van der Waals surface area contributed by atoms with Crippen molar-refractivity contribution < 1.29 is 4.79 Å². The highest BCUT2D eigenvalue weighted by Gasteiger charge is 2.56. The van der Waals surface area contributed by atoms with Crippen molar-refractivity contribution in [3.8, 4) is 0 Å². The summed E-state index contributed by atoms with van der Waals surface area (Å²) in [5.74, 6) is 1.80. The van der Waals surface area contributed by atoms with Gasteiger partial charge in [-0.2, -0.15) is 0 Å². The summed E-state index contributed by atoms with van der Waals surface area (Å²) in [6, 6.07) is 5.65. The molecule has 0 bridgehead atoms. The van der Waals surface area contributed by atoms with Gasteiger partial charge in [-0.1, -0.05) is 6.42 Å². The van der Waals surface area contributed by atoms with Crippen molar-refractivity contribution in [2.24, 2.45) is 31.8 Å². The van der Waals surface area contributed by atoms with Gasteiger partial charge in [-0.25, -0.2) is 4.79 Å². The Bertz CT molecular complexity index is 774. The number of hydrogen-bond acceptors (Lipinski definition) is 2. The molecule has 1 aromatic heterocycles. The van der Waals surface area contributed by atoms with Crippen molar-refractivity contribution >= 4 is 16.8 Å². The molecule has 0 radical (unpaired) electrons. The monoisotopic (exact) mass is 270 g/mol. The van der Waals surface area contributed by atoms with E-state index < -0.39 is 0 Å². The van der Waals surface area contributed by atoms with Crippen LogP contribution in [0.3, 0.4) is 0 Å². The molecule has 2 aromatic rings. The lowest BCUT2D eigenvalue weighted by atomic mass is 10.0. The van der Waals surface area contributed by atoms with Crippen molar-refractivity contribution in [3.63, 3.8) is 0 Å². The van der Waals surface area contributed by atoms with Gasteiger partial charge in [0.25, 0.3) is 0 Å². The van der Waals surface area contributed by atoms with Crippen molar-refractivity contribution in [2.75, 3.05) is 0 Å². The Hall–Kier alpha value is -1.84. The topological polar surface area (TPSA) is 44.0 Å². The van der Waals surface area contributed by atoms with Crippen LogP contribution in [-0.2, 0) is 14.1 Å². The predicted octanol–water partition coefficient (Wildman–Crippen LogP) is 2.11. The molecule has 2 aliphatic rings. The highest BCUT2D eigenvalue weighted by Crippen LogP contribution is 2.58.